The van der Waals surface area contributed by atoms with Crippen LogP contribution in [0.2, 0.25) is 0 Å². The highest BCUT2D eigenvalue weighted by Crippen LogP contribution is 2.72. The second-order valence-corrected chi connectivity index (χ2v) is 14.7. The van der Waals surface area contributed by atoms with Crippen molar-refractivity contribution in [2.45, 2.75) is 101 Å². The van der Waals surface area contributed by atoms with Gasteiger partial charge in [-0.3, -0.25) is 9.59 Å². The molecule has 0 aromatic rings. The molecule has 3 saturated heterocycles. The number of esters is 3. The van der Waals surface area contributed by atoms with Crippen LogP contribution in [-0.2, 0) is 47.6 Å². The number of carbonyl (C=O) groups excluding carboxylic acids is 4. The van der Waals surface area contributed by atoms with E-state index in [4.69, 9.17) is 28.4 Å². The van der Waals surface area contributed by atoms with Crippen LogP contribution < -0.4 is 0 Å². The number of carbonyl (C=O) groups is 4. The number of ketones is 1. The molecule has 268 valence electrons. The summed E-state index contributed by atoms with van der Waals surface area (Å²) in [6.45, 7) is 5.77. The van der Waals surface area contributed by atoms with Crippen molar-refractivity contribution in [3.8, 4) is 0 Å². The second kappa shape index (κ2) is 12.0. The summed E-state index contributed by atoms with van der Waals surface area (Å²) in [5.74, 6) is -7.81. The van der Waals surface area contributed by atoms with Crippen molar-refractivity contribution in [1.82, 2.24) is 0 Å². The monoisotopic (exact) mass is 684 g/mol. The van der Waals surface area contributed by atoms with Crippen molar-refractivity contribution in [2.75, 3.05) is 20.3 Å². The molecular formula is C32H44O16. The summed E-state index contributed by atoms with van der Waals surface area (Å²) in [5, 5.41) is 64.6. The van der Waals surface area contributed by atoms with Crippen LogP contribution in [0.5, 0.6) is 0 Å². The number of allylic oxidation sites excluding steroid dienone is 2. The van der Waals surface area contributed by atoms with Gasteiger partial charge in [-0.15, -0.1) is 0 Å². The summed E-state index contributed by atoms with van der Waals surface area (Å²) in [5.41, 5.74) is -5.52. The predicted octanol–water partition coefficient (Wildman–Crippen LogP) is -2.29. The molecule has 5 fully saturated rings. The maximum absolute atomic E-state index is 14.7. The van der Waals surface area contributed by atoms with Crippen LogP contribution in [0, 0.1) is 40.4 Å². The molecule has 3 aliphatic carbocycles. The van der Waals surface area contributed by atoms with E-state index in [-0.39, 0.29) is 31.1 Å². The van der Waals surface area contributed by atoms with Crippen molar-refractivity contribution in [3.63, 3.8) is 0 Å². The minimum atomic E-state index is -2.36. The number of rotatable bonds is 7. The van der Waals surface area contributed by atoms with Crippen molar-refractivity contribution in [3.05, 3.63) is 11.8 Å². The van der Waals surface area contributed by atoms with E-state index in [1.807, 2.05) is 0 Å². The number of methoxy groups -OCH3 is 1. The van der Waals surface area contributed by atoms with Crippen molar-refractivity contribution < 1.29 is 78.2 Å². The molecule has 3 aliphatic heterocycles. The van der Waals surface area contributed by atoms with E-state index in [1.165, 1.54) is 6.08 Å². The topological polar surface area (TPSA) is 245 Å². The highest BCUT2D eigenvalue weighted by molar-refractivity contribution is 6.00. The van der Waals surface area contributed by atoms with E-state index in [1.54, 1.807) is 27.7 Å². The smallest absolute Gasteiger partial charge is 0.348 e. The van der Waals surface area contributed by atoms with Crippen LogP contribution in [0.3, 0.4) is 0 Å². The van der Waals surface area contributed by atoms with Gasteiger partial charge in [0.1, 0.15) is 36.6 Å². The molecule has 6 rings (SSSR count). The lowest BCUT2D eigenvalue weighted by Gasteiger charge is -2.67. The molecule has 2 bridgehead atoms. The zero-order valence-corrected chi connectivity index (χ0v) is 27.3. The average Bonchev–Trinajstić information content (AvgIpc) is 3.34. The van der Waals surface area contributed by atoms with Gasteiger partial charge in [0, 0.05) is 23.2 Å². The Hall–Kier alpha value is -2.70. The molecule has 3 heterocycles. The lowest BCUT2D eigenvalue weighted by Crippen LogP contribution is -2.80. The van der Waals surface area contributed by atoms with Crippen LogP contribution in [0.15, 0.2) is 11.8 Å². The molecular weight excluding hydrogens is 640 g/mol. The molecule has 6 aliphatic rings. The molecule has 0 amide bonds. The van der Waals surface area contributed by atoms with Crippen LogP contribution >= 0.6 is 0 Å². The number of hydrogen-bond donors (Lipinski definition) is 6. The number of Topliss-reactive ketones (excluding diaryl/α,β-unsaturated/α-hetero) is 1. The number of aliphatic hydroxyl groups is 6. The first-order valence-electron chi connectivity index (χ1n) is 16.2. The minimum Gasteiger partial charge on any atom is -0.467 e. The number of fused-ring (bicyclic) bond motifs is 2. The Morgan fingerprint density at radius 2 is 1.73 bits per heavy atom. The Morgan fingerprint density at radius 3 is 2.35 bits per heavy atom. The van der Waals surface area contributed by atoms with E-state index in [0.29, 0.717) is 0 Å². The summed E-state index contributed by atoms with van der Waals surface area (Å²) in [4.78, 5) is 54.9. The Labute approximate surface area is 275 Å². The van der Waals surface area contributed by atoms with Gasteiger partial charge in [-0.2, -0.15) is 0 Å². The standard InChI is InChI=1S/C32H44O16/c1-11(2)6-17(34)48-22-24-31-10-44-32(24,29(42)43-5)26(40)21(38)23(31)30(4)13(8-16(31)47-27(22)41)12(3)7-14(25(30)39)45-28-20(37)19(36)18(35)15(9-33)46-28/h7,11-13,15-16,18-24,26,28,33,35-38,40H,6,8-10H2,1-5H3/t12-,13+,15-,16-,18-,19+,20-,21-,22-,23?,24-,26+,28-,30+,31-,32+/m1/s1. The van der Waals surface area contributed by atoms with Crippen molar-refractivity contribution in [2.24, 2.45) is 40.4 Å². The molecule has 16 heteroatoms. The zero-order valence-electron chi connectivity index (χ0n) is 27.3. The molecule has 0 radical (unpaired) electrons. The normalized spacial score (nSPS) is 49.3. The summed E-state index contributed by atoms with van der Waals surface area (Å²) in [7, 11) is 1.05. The van der Waals surface area contributed by atoms with E-state index in [0.717, 1.165) is 7.11 Å². The molecule has 1 unspecified atom stereocenters. The molecule has 48 heavy (non-hydrogen) atoms. The molecule has 16 nitrogen and oxygen atoms in total. The van der Waals surface area contributed by atoms with E-state index >= 15 is 0 Å². The maximum Gasteiger partial charge on any atom is 0.348 e. The first-order valence-corrected chi connectivity index (χ1v) is 16.2. The van der Waals surface area contributed by atoms with Gasteiger partial charge in [0.15, 0.2) is 5.76 Å². The van der Waals surface area contributed by atoms with E-state index < -0.39 is 126 Å². The Balaban J connectivity index is 1.45. The van der Waals surface area contributed by atoms with Gasteiger partial charge in [0.25, 0.3) is 0 Å². The third-order valence-corrected chi connectivity index (χ3v) is 11.8. The average molecular weight is 685 g/mol. The minimum absolute atomic E-state index is 0.0576. The van der Waals surface area contributed by atoms with Gasteiger partial charge < -0.3 is 59.1 Å². The van der Waals surface area contributed by atoms with Crippen LogP contribution in [0.4, 0.5) is 0 Å². The summed E-state index contributed by atoms with van der Waals surface area (Å²) >= 11 is 0. The molecule has 2 saturated carbocycles. The van der Waals surface area contributed by atoms with Crippen LogP contribution in [0.1, 0.15) is 40.5 Å². The molecule has 1 spiro atoms. The summed E-state index contributed by atoms with van der Waals surface area (Å²) in [6.07, 6.45) is -13.5. The lowest BCUT2D eigenvalue weighted by molar-refractivity contribution is -0.298. The molecule has 0 aromatic carbocycles. The SMILES string of the molecule is COC(=O)[C@@]12OC[C@]34C([C@@H](O)[C@@H]1O)[C@@]1(C)C(=O)C(O[C@@H]5O[C@H](CO)[C@@H](O)[C@H](O)[C@H]5O)=C[C@@H](C)[C@@H]1C[C@H]3OC(=O)[C@H](OC(=O)CC(C)C)[C@@H]24. The number of aliphatic hydroxyl groups excluding tert-OH is 6. The van der Waals surface area contributed by atoms with Crippen LogP contribution in [0.25, 0.3) is 0 Å². The predicted molar refractivity (Wildman–Crippen MR) is 155 cm³/mol. The second-order valence-electron chi connectivity index (χ2n) is 14.7. The number of ether oxygens (including phenoxy) is 6. The Bertz CT molecular complexity index is 1380. The Morgan fingerprint density at radius 1 is 1.04 bits per heavy atom. The zero-order chi connectivity index (χ0) is 35.2. The number of hydrogen-bond acceptors (Lipinski definition) is 16. The molecule has 0 aromatic heterocycles. The maximum atomic E-state index is 14.7. The van der Waals surface area contributed by atoms with Gasteiger partial charge in [-0.05, 0) is 30.3 Å². The fourth-order valence-electron chi connectivity index (χ4n) is 9.72. The van der Waals surface area contributed by atoms with Gasteiger partial charge in [0.2, 0.25) is 23.8 Å². The summed E-state index contributed by atoms with van der Waals surface area (Å²) < 4.78 is 34.2. The quantitative estimate of drug-likeness (QED) is 0.122. The largest absolute Gasteiger partial charge is 0.467 e. The highest BCUT2D eigenvalue weighted by Gasteiger charge is 2.86. The third kappa shape index (κ3) is 4.56. The Kier molecular flexibility index (Phi) is 8.76. The molecule has 16 atom stereocenters. The van der Waals surface area contributed by atoms with Crippen molar-refractivity contribution in [1.29, 1.82) is 0 Å². The van der Waals surface area contributed by atoms with Crippen LogP contribution in [-0.4, -0.2) is 135 Å². The van der Waals surface area contributed by atoms with E-state index in [2.05, 4.69) is 0 Å². The fraction of sp³-hybridized carbons (Fsp3) is 0.812. The van der Waals surface area contributed by atoms with Gasteiger partial charge in [-0.25, -0.2) is 9.59 Å². The first-order chi connectivity index (χ1) is 22.5. The van der Waals surface area contributed by atoms with Gasteiger partial charge in [0.05, 0.1) is 32.3 Å². The first kappa shape index (κ1) is 35.1. The summed E-state index contributed by atoms with van der Waals surface area (Å²) in [6, 6.07) is 0. The molecule has 6 N–H and O–H groups in total. The lowest BCUT2D eigenvalue weighted by atomic mass is 9.37. The van der Waals surface area contributed by atoms with Gasteiger partial charge in [-0.1, -0.05) is 27.7 Å². The highest BCUT2D eigenvalue weighted by atomic mass is 16.7. The van der Waals surface area contributed by atoms with Crippen molar-refractivity contribution >= 4 is 23.7 Å². The van der Waals surface area contributed by atoms with Gasteiger partial charge >= 0.3 is 17.9 Å². The fourth-order valence-corrected chi connectivity index (χ4v) is 9.72. The van der Waals surface area contributed by atoms with E-state index in [9.17, 15) is 49.8 Å². The third-order valence-electron chi connectivity index (χ3n) is 11.8.